The van der Waals surface area contributed by atoms with Crippen molar-refractivity contribution < 1.29 is 4.39 Å². The molecule has 1 aliphatic heterocycles. The summed E-state index contributed by atoms with van der Waals surface area (Å²) in [5.41, 5.74) is 4.64. The summed E-state index contributed by atoms with van der Waals surface area (Å²) in [4.78, 5) is 0. The van der Waals surface area contributed by atoms with E-state index in [4.69, 9.17) is 0 Å². The first-order valence-corrected chi connectivity index (χ1v) is 8.96. The summed E-state index contributed by atoms with van der Waals surface area (Å²) in [6, 6.07) is 24.7. The van der Waals surface area contributed by atoms with Crippen molar-refractivity contribution in [1.29, 1.82) is 0 Å². The van der Waals surface area contributed by atoms with Gasteiger partial charge in [-0.15, -0.1) is 0 Å². The molecule has 6 heteroatoms. The van der Waals surface area contributed by atoms with Gasteiger partial charge in [0.05, 0.1) is 0 Å². The van der Waals surface area contributed by atoms with E-state index in [1.807, 2.05) is 42.5 Å². The zero-order valence-electron chi connectivity index (χ0n) is 14.8. The maximum Gasteiger partial charge on any atom is 0.248 e. The Hall–Kier alpha value is -3.80. The number of anilines is 1. The van der Waals surface area contributed by atoms with Gasteiger partial charge in [-0.1, -0.05) is 77.9 Å². The van der Waals surface area contributed by atoms with Gasteiger partial charge in [0.1, 0.15) is 11.9 Å². The van der Waals surface area contributed by atoms with Gasteiger partial charge in [0, 0.05) is 11.3 Å². The Balaban J connectivity index is 1.54. The second-order valence-corrected chi connectivity index (χ2v) is 6.56. The van der Waals surface area contributed by atoms with E-state index >= 15 is 0 Å². The smallest absolute Gasteiger partial charge is 0.248 e. The summed E-state index contributed by atoms with van der Waals surface area (Å²) in [5.74, 6) is 0.198. The van der Waals surface area contributed by atoms with Crippen molar-refractivity contribution in [2.75, 3.05) is 5.32 Å². The number of aromatic nitrogens is 4. The van der Waals surface area contributed by atoms with E-state index in [2.05, 4.69) is 45.1 Å². The molecule has 1 aromatic heterocycles. The highest BCUT2D eigenvalue weighted by atomic mass is 19.1. The largest absolute Gasteiger partial charge is 0.323 e. The van der Waals surface area contributed by atoms with Crippen molar-refractivity contribution in [2.45, 2.75) is 6.04 Å². The highest BCUT2D eigenvalue weighted by molar-refractivity contribution is 5.78. The zero-order chi connectivity index (χ0) is 18.9. The van der Waals surface area contributed by atoms with Crippen LogP contribution in [0.25, 0.3) is 16.8 Å². The van der Waals surface area contributed by atoms with Crippen molar-refractivity contribution in [2.24, 2.45) is 0 Å². The zero-order valence-corrected chi connectivity index (χ0v) is 14.8. The van der Waals surface area contributed by atoms with Crippen LogP contribution in [0.15, 0.2) is 84.9 Å². The summed E-state index contributed by atoms with van der Waals surface area (Å²) in [7, 11) is 0. The number of hydrogen-bond donors (Lipinski definition) is 1. The van der Waals surface area contributed by atoms with Crippen LogP contribution in [-0.4, -0.2) is 20.2 Å². The minimum atomic E-state index is -0.420. The molecule has 4 aromatic rings. The molecule has 136 valence electrons. The average molecular weight is 369 g/mol. The third-order valence-corrected chi connectivity index (χ3v) is 4.85. The fourth-order valence-electron chi connectivity index (χ4n) is 3.43. The molecule has 5 rings (SSSR count). The Labute approximate surface area is 161 Å². The van der Waals surface area contributed by atoms with Gasteiger partial charge in [0.2, 0.25) is 5.95 Å². The quantitative estimate of drug-likeness (QED) is 0.576. The van der Waals surface area contributed by atoms with Crippen LogP contribution in [0.3, 0.4) is 0 Å². The summed E-state index contributed by atoms with van der Waals surface area (Å²) in [5, 5.41) is 15.0. The lowest BCUT2D eigenvalue weighted by molar-refractivity contribution is 0.540. The number of nitrogens with zero attached hydrogens (tertiary/aromatic N) is 4. The van der Waals surface area contributed by atoms with Crippen molar-refractivity contribution in [3.05, 3.63) is 102 Å². The maximum atomic E-state index is 14.4. The lowest BCUT2D eigenvalue weighted by atomic mass is 9.99. The second-order valence-electron chi connectivity index (χ2n) is 6.56. The first kappa shape index (κ1) is 16.4. The number of hydrogen-bond acceptors (Lipinski definition) is 4. The molecule has 0 radical (unpaired) electrons. The van der Waals surface area contributed by atoms with Crippen LogP contribution in [0.4, 0.5) is 10.3 Å². The number of nitrogens with one attached hydrogen (secondary N) is 1. The normalized spacial score (nSPS) is 15.5. The molecule has 0 saturated heterocycles. The molecule has 1 unspecified atom stereocenters. The standard InChI is InChI=1S/C22H16FN5/c23-19-9-5-4-8-18(19)21-14-20(24-22-25-26-27-28(21)22)17-12-10-16(11-13-17)15-6-2-1-3-7-15/h1-14,21H,(H,24,25,27). The number of fused-ring (bicyclic) bond motifs is 1. The molecule has 2 heterocycles. The fourth-order valence-corrected chi connectivity index (χ4v) is 3.43. The van der Waals surface area contributed by atoms with Gasteiger partial charge in [-0.3, -0.25) is 0 Å². The number of benzene rings is 3. The predicted octanol–water partition coefficient (Wildman–Crippen LogP) is 4.54. The molecular formula is C22H16FN5. The van der Waals surface area contributed by atoms with Crippen LogP contribution in [-0.2, 0) is 0 Å². The second kappa shape index (κ2) is 6.74. The Morgan fingerprint density at radius 3 is 2.25 bits per heavy atom. The first-order chi connectivity index (χ1) is 13.8. The van der Waals surface area contributed by atoms with E-state index in [0.717, 1.165) is 22.4 Å². The van der Waals surface area contributed by atoms with Gasteiger partial charge >= 0.3 is 0 Å². The van der Waals surface area contributed by atoms with E-state index in [-0.39, 0.29) is 5.82 Å². The molecular weight excluding hydrogens is 353 g/mol. The molecule has 5 nitrogen and oxygen atoms in total. The van der Waals surface area contributed by atoms with Gasteiger partial charge in [-0.25, -0.2) is 4.39 Å². The number of allylic oxidation sites excluding steroid dienone is 1. The van der Waals surface area contributed by atoms with Crippen LogP contribution < -0.4 is 5.32 Å². The van der Waals surface area contributed by atoms with Gasteiger partial charge < -0.3 is 5.32 Å². The molecule has 1 N–H and O–H groups in total. The summed E-state index contributed by atoms with van der Waals surface area (Å²) < 4.78 is 16.0. The number of halogens is 1. The number of tetrazole rings is 1. The fraction of sp³-hybridized carbons (Fsp3) is 0.0455. The van der Waals surface area contributed by atoms with Crippen LogP contribution in [0.2, 0.25) is 0 Å². The van der Waals surface area contributed by atoms with Crippen LogP contribution >= 0.6 is 0 Å². The summed E-state index contributed by atoms with van der Waals surface area (Å²) in [6.07, 6.45) is 1.94. The Morgan fingerprint density at radius 1 is 0.786 bits per heavy atom. The Kier molecular flexibility index (Phi) is 3.94. The van der Waals surface area contributed by atoms with Crippen LogP contribution in [0.5, 0.6) is 0 Å². The average Bonchev–Trinajstić information content (AvgIpc) is 3.23. The predicted molar refractivity (Wildman–Crippen MR) is 106 cm³/mol. The Bertz CT molecular complexity index is 1150. The van der Waals surface area contributed by atoms with Gasteiger partial charge in [-0.2, -0.15) is 4.68 Å². The van der Waals surface area contributed by atoms with Crippen LogP contribution in [0.1, 0.15) is 17.2 Å². The lowest BCUT2D eigenvalue weighted by Crippen LogP contribution is -2.21. The number of rotatable bonds is 3. The van der Waals surface area contributed by atoms with Crippen molar-refractivity contribution >= 4 is 11.6 Å². The third-order valence-electron chi connectivity index (χ3n) is 4.85. The summed E-state index contributed by atoms with van der Waals surface area (Å²) >= 11 is 0. The van der Waals surface area contributed by atoms with Crippen LogP contribution in [0, 0.1) is 5.82 Å². The molecule has 28 heavy (non-hydrogen) atoms. The maximum absolute atomic E-state index is 14.4. The molecule has 0 bridgehead atoms. The molecule has 3 aromatic carbocycles. The molecule has 0 fully saturated rings. The van der Waals surface area contributed by atoms with Crippen molar-refractivity contribution in [3.8, 4) is 11.1 Å². The SMILES string of the molecule is Fc1ccccc1C1C=C(c2ccc(-c3ccccc3)cc2)Nc2nnnn21. The van der Waals surface area contributed by atoms with E-state index in [0.29, 0.717) is 11.5 Å². The molecule has 0 amide bonds. The van der Waals surface area contributed by atoms with Gasteiger partial charge in [0.15, 0.2) is 0 Å². The molecule has 0 saturated carbocycles. The summed E-state index contributed by atoms with van der Waals surface area (Å²) in [6.45, 7) is 0. The Morgan fingerprint density at radius 2 is 1.46 bits per heavy atom. The third kappa shape index (κ3) is 2.85. The van der Waals surface area contributed by atoms with Gasteiger partial charge in [0.25, 0.3) is 0 Å². The van der Waals surface area contributed by atoms with E-state index < -0.39 is 6.04 Å². The molecule has 1 atom stereocenters. The molecule has 1 aliphatic rings. The topological polar surface area (TPSA) is 55.6 Å². The minimum absolute atomic E-state index is 0.286. The van der Waals surface area contributed by atoms with Crippen molar-refractivity contribution in [1.82, 2.24) is 20.2 Å². The highest BCUT2D eigenvalue weighted by Gasteiger charge is 2.26. The highest BCUT2D eigenvalue weighted by Crippen LogP contribution is 2.33. The van der Waals surface area contributed by atoms with E-state index in [1.165, 1.54) is 6.07 Å². The first-order valence-electron chi connectivity index (χ1n) is 8.96. The monoisotopic (exact) mass is 369 g/mol. The lowest BCUT2D eigenvalue weighted by Gasteiger charge is -2.23. The van der Waals surface area contributed by atoms with E-state index in [9.17, 15) is 4.39 Å². The van der Waals surface area contributed by atoms with Gasteiger partial charge in [-0.05, 0) is 39.3 Å². The minimum Gasteiger partial charge on any atom is -0.323 e. The van der Waals surface area contributed by atoms with E-state index in [1.54, 1.807) is 16.8 Å². The van der Waals surface area contributed by atoms with Crippen molar-refractivity contribution in [3.63, 3.8) is 0 Å². The molecule has 0 spiro atoms. The molecule has 0 aliphatic carbocycles.